The lowest BCUT2D eigenvalue weighted by molar-refractivity contribution is 0.102. The molecule has 0 fully saturated rings. The topological polar surface area (TPSA) is 54.9 Å². The first-order chi connectivity index (χ1) is 12.2. The van der Waals surface area contributed by atoms with E-state index in [1.165, 1.54) is 6.20 Å². The number of hydrogen-bond donors (Lipinski definition) is 1. The third-order valence-corrected chi connectivity index (χ3v) is 5.17. The van der Waals surface area contributed by atoms with Gasteiger partial charge in [0.25, 0.3) is 5.91 Å². The van der Waals surface area contributed by atoms with E-state index in [-0.39, 0.29) is 5.91 Å². The van der Waals surface area contributed by atoms with E-state index in [0.717, 1.165) is 30.9 Å². The molecule has 25 heavy (non-hydrogen) atoms. The van der Waals surface area contributed by atoms with E-state index in [9.17, 15) is 4.79 Å². The van der Waals surface area contributed by atoms with Crippen molar-refractivity contribution < 1.29 is 4.79 Å². The van der Waals surface area contributed by atoms with Gasteiger partial charge in [-0.1, -0.05) is 12.1 Å². The monoisotopic (exact) mass is 409 g/mol. The predicted octanol–water partition coefficient (Wildman–Crippen LogP) is 5.37. The summed E-state index contributed by atoms with van der Waals surface area (Å²) in [5, 5.41) is 3.84. The maximum Gasteiger partial charge on any atom is 0.257 e. The molecule has 0 aliphatic heterocycles. The highest BCUT2D eigenvalue weighted by atomic mass is 79.9. The summed E-state index contributed by atoms with van der Waals surface area (Å²) in [4.78, 5) is 20.9. The second kappa shape index (κ2) is 6.74. The molecule has 6 heteroatoms. The Kier molecular flexibility index (Phi) is 4.29. The highest BCUT2D eigenvalue weighted by molar-refractivity contribution is 9.10. The van der Waals surface area contributed by atoms with Crippen molar-refractivity contribution >= 4 is 49.1 Å². The van der Waals surface area contributed by atoms with Gasteiger partial charge in [-0.15, -0.1) is 11.3 Å². The first-order valence-electron chi connectivity index (χ1n) is 7.57. The molecule has 122 valence electrons. The van der Waals surface area contributed by atoms with Gasteiger partial charge < -0.3 is 5.32 Å². The van der Waals surface area contributed by atoms with Crippen LogP contribution in [0.2, 0.25) is 0 Å². The van der Waals surface area contributed by atoms with Crippen LogP contribution in [0.25, 0.3) is 20.8 Å². The average molecular weight is 410 g/mol. The number of halogens is 1. The molecule has 0 aliphatic carbocycles. The van der Waals surface area contributed by atoms with Gasteiger partial charge in [-0.05, 0) is 58.4 Å². The summed E-state index contributed by atoms with van der Waals surface area (Å²) in [6.07, 6.45) is 3.18. The van der Waals surface area contributed by atoms with Crippen LogP contribution in [0.3, 0.4) is 0 Å². The molecule has 4 aromatic rings. The number of carbonyl (C=O) groups is 1. The van der Waals surface area contributed by atoms with Crippen LogP contribution >= 0.6 is 27.3 Å². The molecule has 0 spiro atoms. The van der Waals surface area contributed by atoms with Crippen LogP contribution in [-0.2, 0) is 0 Å². The zero-order valence-electron chi connectivity index (χ0n) is 12.9. The van der Waals surface area contributed by atoms with Gasteiger partial charge in [0.15, 0.2) is 0 Å². The smallest absolute Gasteiger partial charge is 0.257 e. The molecule has 2 aromatic heterocycles. The van der Waals surface area contributed by atoms with Crippen molar-refractivity contribution in [3.8, 4) is 10.6 Å². The summed E-state index contributed by atoms with van der Waals surface area (Å²) < 4.78 is 1.93. The predicted molar refractivity (Wildman–Crippen MR) is 105 cm³/mol. The second-order valence-corrected chi connectivity index (χ2v) is 7.36. The fraction of sp³-hybridized carbons (Fsp3) is 0. The molecule has 0 radical (unpaired) electrons. The summed E-state index contributed by atoms with van der Waals surface area (Å²) in [5.74, 6) is -0.193. The van der Waals surface area contributed by atoms with Crippen molar-refractivity contribution in [3.05, 3.63) is 77.0 Å². The van der Waals surface area contributed by atoms with Gasteiger partial charge in [0.1, 0.15) is 5.01 Å². The molecule has 2 aromatic carbocycles. The number of rotatable bonds is 3. The highest BCUT2D eigenvalue weighted by Gasteiger charge is 2.09. The van der Waals surface area contributed by atoms with Gasteiger partial charge in [-0.2, -0.15) is 0 Å². The van der Waals surface area contributed by atoms with Crippen molar-refractivity contribution in [2.45, 2.75) is 0 Å². The van der Waals surface area contributed by atoms with E-state index in [2.05, 4.69) is 37.3 Å². The van der Waals surface area contributed by atoms with Gasteiger partial charge in [-0.3, -0.25) is 9.78 Å². The Morgan fingerprint density at radius 2 is 1.84 bits per heavy atom. The number of pyridine rings is 1. The Bertz CT molecular complexity index is 1030. The minimum Gasteiger partial charge on any atom is -0.322 e. The normalized spacial score (nSPS) is 10.8. The summed E-state index contributed by atoms with van der Waals surface area (Å²) in [6.45, 7) is 0. The Morgan fingerprint density at radius 1 is 1.04 bits per heavy atom. The second-order valence-electron chi connectivity index (χ2n) is 5.41. The molecular formula is C19H12BrN3OS. The first-order valence-corrected chi connectivity index (χ1v) is 9.18. The van der Waals surface area contributed by atoms with Crippen LogP contribution in [0, 0.1) is 0 Å². The number of hydrogen-bond acceptors (Lipinski definition) is 4. The average Bonchev–Trinajstić information content (AvgIpc) is 3.06. The molecule has 0 bridgehead atoms. The number of fused-ring (bicyclic) bond motifs is 1. The van der Waals surface area contributed by atoms with Gasteiger partial charge in [0.2, 0.25) is 0 Å². The van der Waals surface area contributed by atoms with E-state index in [4.69, 9.17) is 0 Å². The number of nitrogens with zero attached hydrogens (tertiary/aromatic N) is 2. The Labute approximate surface area is 156 Å². The van der Waals surface area contributed by atoms with E-state index < -0.39 is 0 Å². The molecule has 1 amide bonds. The van der Waals surface area contributed by atoms with Crippen molar-refractivity contribution in [2.24, 2.45) is 0 Å². The molecule has 1 N–H and O–H groups in total. The van der Waals surface area contributed by atoms with Crippen molar-refractivity contribution in [1.82, 2.24) is 9.97 Å². The molecule has 0 unspecified atom stereocenters. The molecule has 0 saturated carbocycles. The zero-order chi connectivity index (χ0) is 17.2. The molecule has 4 nitrogen and oxygen atoms in total. The maximum atomic E-state index is 12.3. The number of amides is 1. The summed E-state index contributed by atoms with van der Waals surface area (Å²) >= 11 is 4.97. The maximum absolute atomic E-state index is 12.3. The van der Waals surface area contributed by atoms with Crippen molar-refractivity contribution in [2.75, 3.05) is 5.32 Å². The summed E-state index contributed by atoms with van der Waals surface area (Å²) in [5.41, 5.74) is 3.27. The lowest BCUT2D eigenvalue weighted by Crippen LogP contribution is -2.12. The molecule has 0 atom stereocenters. The van der Waals surface area contributed by atoms with Crippen molar-refractivity contribution in [1.29, 1.82) is 0 Å². The Hall–Kier alpha value is -2.57. The largest absolute Gasteiger partial charge is 0.322 e. The van der Waals surface area contributed by atoms with Crippen LogP contribution < -0.4 is 5.32 Å². The number of aromatic nitrogens is 2. The SMILES string of the molecule is O=C(Nc1ccc(-c2nc3ccccc3s2)cc1)c1cncc(Br)c1. The van der Waals surface area contributed by atoms with Crippen LogP contribution in [0.15, 0.2) is 71.5 Å². The lowest BCUT2D eigenvalue weighted by atomic mass is 10.2. The molecule has 0 saturated heterocycles. The Morgan fingerprint density at radius 3 is 2.60 bits per heavy atom. The Balaban J connectivity index is 1.54. The number of benzene rings is 2. The highest BCUT2D eigenvalue weighted by Crippen LogP contribution is 2.30. The number of anilines is 1. The molecule has 4 rings (SSSR count). The molecular weight excluding hydrogens is 398 g/mol. The minimum absolute atomic E-state index is 0.193. The fourth-order valence-electron chi connectivity index (χ4n) is 2.43. The van der Waals surface area contributed by atoms with E-state index in [0.29, 0.717) is 5.56 Å². The quantitative estimate of drug-likeness (QED) is 0.494. The molecule has 2 heterocycles. The van der Waals surface area contributed by atoms with Crippen LogP contribution in [-0.4, -0.2) is 15.9 Å². The number of nitrogens with one attached hydrogen (secondary N) is 1. The summed E-state index contributed by atoms with van der Waals surface area (Å²) in [7, 11) is 0. The molecule has 0 aliphatic rings. The van der Waals surface area contributed by atoms with Gasteiger partial charge in [-0.25, -0.2) is 4.98 Å². The first kappa shape index (κ1) is 15.9. The fourth-order valence-corrected chi connectivity index (χ4v) is 3.77. The zero-order valence-corrected chi connectivity index (χ0v) is 15.3. The number of thiazole rings is 1. The van der Waals surface area contributed by atoms with Crippen LogP contribution in [0.5, 0.6) is 0 Å². The van der Waals surface area contributed by atoms with Gasteiger partial charge >= 0.3 is 0 Å². The lowest BCUT2D eigenvalue weighted by Gasteiger charge is -2.06. The minimum atomic E-state index is -0.193. The van der Waals surface area contributed by atoms with Crippen LogP contribution in [0.4, 0.5) is 5.69 Å². The standard InChI is InChI=1S/C19H12BrN3OS/c20-14-9-13(10-21-11-14)18(24)22-15-7-5-12(6-8-15)19-23-16-3-1-2-4-17(16)25-19/h1-11H,(H,22,24). The van der Waals surface area contributed by atoms with Crippen molar-refractivity contribution in [3.63, 3.8) is 0 Å². The summed E-state index contributed by atoms with van der Waals surface area (Å²) in [6, 6.07) is 17.5. The van der Waals surface area contributed by atoms with E-state index >= 15 is 0 Å². The van der Waals surface area contributed by atoms with Gasteiger partial charge in [0, 0.05) is 28.1 Å². The van der Waals surface area contributed by atoms with Crippen LogP contribution in [0.1, 0.15) is 10.4 Å². The number of carbonyl (C=O) groups excluding carboxylic acids is 1. The number of para-hydroxylation sites is 1. The third kappa shape index (κ3) is 3.45. The van der Waals surface area contributed by atoms with Gasteiger partial charge in [0.05, 0.1) is 15.8 Å². The van der Waals surface area contributed by atoms with E-state index in [1.807, 2.05) is 42.5 Å². The third-order valence-electron chi connectivity index (χ3n) is 3.65. The van der Waals surface area contributed by atoms with E-state index in [1.54, 1.807) is 23.6 Å².